The van der Waals surface area contributed by atoms with Gasteiger partial charge in [0.25, 0.3) is 0 Å². The first-order chi connectivity index (χ1) is 12.5. The second-order valence-electron chi connectivity index (χ2n) is 6.08. The summed E-state index contributed by atoms with van der Waals surface area (Å²) in [6.45, 7) is 3.98. The van der Waals surface area contributed by atoms with Crippen molar-refractivity contribution in [3.05, 3.63) is 65.2 Å². The third kappa shape index (κ3) is 4.64. The highest BCUT2D eigenvalue weighted by atomic mass is 32.2. The van der Waals surface area contributed by atoms with Crippen molar-refractivity contribution in [1.82, 2.24) is 9.62 Å². The van der Waals surface area contributed by atoms with E-state index in [0.29, 0.717) is 5.56 Å². The molecule has 1 saturated heterocycles. The van der Waals surface area contributed by atoms with E-state index in [2.05, 4.69) is 9.62 Å². The lowest BCUT2D eigenvalue weighted by atomic mass is 10.1. The molecule has 2 aromatic rings. The summed E-state index contributed by atoms with van der Waals surface area (Å²) in [7, 11) is -4.27. The summed E-state index contributed by atoms with van der Waals surface area (Å²) < 4.78 is 59.2. The van der Waals surface area contributed by atoms with Crippen LogP contribution >= 0.6 is 0 Å². The van der Waals surface area contributed by atoms with Gasteiger partial charge < -0.3 is 4.74 Å². The molecule has 5 nitrogen and oxygen atoms in total. The van der Waals surface area contributed by atoms with Gasteiger partial charge in [0.1, 0.15) is 11.6 Å². The molecule has 0 aliphatic carbocycles. The van der Waals surface area contributed by atoms with Gasteiger partial charge in [0.2, 0.25) is 10.0 Å². The molecular formula is C18H20F2N2O3S. The number of morpholine rings is 1. The van der Waals surface area contributed by atoms with Gasteiger partial charge in [-0.1, -0.05) is 30.3 Å². The van der Waals surface area contributed by atoms with Gasteiger partial charge in [0.05, 0.1) is 13.2 Å². The largest absolute Gasteiger partial charge is 0.379 e. The van der Waals surface area contributed by atoms with Crippen LogP contribution in [-0.4, -0.2) is 39.6 Å². The fraction of sp³-hybridized carbons (Fsp3) is 0.333. The van der Waals surface area contributed by atoms with E-state index in [0.717, 1.165) is 56.6 Å². The second-order valence-corrected chi connectivity index (χ2v) is 7.78. The third-order valence-corrected chi connectivity index (χ3v) is 5.64. The topological polar surface area (TPSA) is 58.6 Å². The maximum absolute atomic E-state index is 13.7. The number of ether oxygens (including phenoxy) is 1. The van der Waals surface area contributed by atoms with Gasteiger partial charge in [-0.3, -0.25) is 4.90 Å². The summed E-state index contributed by atoms with van der Waals surface area (Å²) >= 11 is 0. The van der Waals surface area contributed by atoms with Crippen LogP contribution < -0.4 is 4.72 Å². The lowest BCUT2D eigenvalue weighted by Gasteiger charge is -2.26. The maximum atomic E-state index is 13.7. The van der Waals surface area contributed by atoms with Crippen molar-refractivity contribution < 1.29 is 21.9 Å². The summed E-state index contributed by atoms with van der Waals surface area (Å²) in [6.07, 6.45) is 0. The fourth-order valence-electron chi connectivity index (χ4n) is 2.77. The minimum Gasteiger partial charge on any atom is -0.379 e. The summed E-state index contributed by atoms with van der Waals surface area (Å²) in [6, 6.07) is 10.4. The van der Waals surface area contributed by atoms with Crippen molar-refractivity contribution in [3.8, 4) is 0 Å². The summed E-state index contributed by atoms with van der Waals surface area (Å²) in [5.74, 6) is -2.23. The van der Waals surface area contributed by atoms with Crippen LogP contribution in [0.15, 0.2) is 47.4 Å². The van der Waals surface area contributed by atoms with Gasteiger partial charge in [0.15, 0.2) is 4.90 Å². The molecule has 1 fully saturated rings. The maximum Gasteiger partial charge on any atom is 0.246 e. The van der Waals surface area contributed by atoms with Crippen LogP contribution in [0.3, 0.4) is 0 Å². The van der Waals surface area contributed by atoms with Gasteiger partial charge in [-0.15, -0.1) is 0 Å². The Morgan fingerprint density at radius 2 is 1.54 bits per heavy atom. The molecule has 0 spiro atoms. The van der Waals surface area contributed by atoms with E-state index in [1.54, 1.807) is 12.1 Å². The molecule has 1 aliphatic rings. The Labute approximate surface area is 151 Å². The van der Waals surface area contributed by atoms with E-state index in [-0.39, 0.29) is 6.54 Å². The van der Waals surface area contributed by atoms with E-state index in [9.17, 15) is 17.2 Å². The molecule has 1 heterocycles. The van der Waals surface area contributed by atoms with E-state index in [1.165, 1.54) is 0 Å². The summed E-state index contributed by atoms with van der Waals surface area (Å²) in [4.78, 5) is 1.33. The first-order valence-corrected chi connectivity index (χ1v) is 9.75. The molecule has 26 heavy (non-hydrogen) atoms. The van der Waals surface area contributed by atoms with E-state index >= 15 is 0 Å². The molecule has 3 rings (SSSR count). The van der Waals surface area contributed by atoms with Gasteiger partial charge in [-0.2, -0.15) is 0 Å². The zero-order chi connectivity index (χ0) is 18.6. The van der Waals surface area contributed by atoms with Gasteiger partial charge in [-0.05, 0) is 23.3 Å². The van der Waals surface area contributed by atoms with Crippen molar-refractivity contribution in [2.24, 2.45) is 0 Å². The smallest absolute Gasteiger partial charge is 0.246 e. The van der Waals surface area contributed by atoms with Crippen molar-refractivity contribution >= 4 is 10.0 Å². The molecule has 0 saturated carbocycles. The molecule has 1 N–H and O–H groups in total. The molecule has 0 radical (unpaired) electrons. The quantitative estimate of drug-likeness (QED) is 0.833. The molecule has 1 aliphatic heterocycles. The zero-order valence-corrected chi connectivity index (χ0v) is 14.9. The van der Waals surface area contributed by atoms with Gasteiger partial charge >= 0.3 is 0 Å². The Bertz CT molecular complexity index is 831. The van der Waals surface area contributed by atoms with Gasteiger partial charge in [0, 0.05) is 26.2 Å². The Kier molecular flexibility index (Phi) is 5.98. The summed E-state index contributed by atoms with van der Waals surface area (Å²) in [5, 5.41) is 0. The first-order valence-electron chi connectivity index (χ1n) is 8.27. The standard InChI is InChI=1S/C18H20F2N2O3S/c19-16-2-1-3-17(20)18(16)26(23,24)21-12-14-4-6-15(7-5-14)13-22-8-10-25-11-9-22/h1-7,21H,8-13H2. The van der Waals surface area contributed by atoms with Crippen molar-refractivity contribution in [2.75, 3.05) is 26.3 Å². The fourth-order valence-corrected chi connectivity index (χ4v) is 3.92. The molecule has 0 unspecified atom stereocenters. The van der Waals surface area contributed by atoms with Crippen LogP contribution in [-0.2, 0) is 27.8 Å². The van der Waals surface area contributed by atoms with Crippen LogP contribution in [0.5, 0.6) is 0 Å². The number of rotatable bonds is 6. The highest BCUT2D eigenvalue weighted by Crippen LogP contribution is 2.18. The SMILES string of the molecule is O=S(=O)(NCc1ccc(CN2CCOCC2)cc1)c1c(F)cccc1F. The molecule has 140 valence electrons. The average molecular weight is 382 g/mol. The van der Waals surface area contributed by atoms with Crippen LogP contribution in [0.4, 0.5) is 8.78 Å². The van der Waals surface area contributed by atoms with Crippen LogP contribution in [0.2, 0.25) is 0 Å². The Balaban J connectivity index is 1.62. The predicted octanol–water partition coefficient (Wildman–Crippen LogP) is 2.28. The second kappa shape index (κ2) is 8.22. The number of hydrogen-bond acceptors (Lipinski definition) is 4. The van der Waals surface area contributed by atoms with E-state index in [1.807, 2.05) is 12.1 Å². The lowest BCUT2D eigenvalue weighted by molar-refractivity contribution is 0.0342. The molecule has 0 aromatic heterocycles. The highest BCUT2D eigenvalue weighted by molar-refractivity contribution is 7.89. The van der Waals surface area contributed by atoms with E-state index in [4.69, 9.17) is 4.74 Å². The minimum atomic E-state index is -4.27. The first kappa shape index (κ1) is 18.9. The van der Waals surface area contributed by atoms with Crippen LogP contribution in [0, 0.1) is 11.6 Å². The Morgan fingerprint density at radius 3 is 2.15 bits per heavy atom. The number of nitrogens with zero attached hydrogens (tertiary/aromatic N) is 1. The number of hydrogen-bond donors (Lipinski definition) is 1. The number of nitrogens with one attached hydrogen (secondary N) is 1. The summed E-state index contributed by atoms with van der Waals surface area (Å²) in [5.41, 5.74) is 1.81. The van der Waals surface area contributed by atoms with Crippen molar-refractivity contribution in [3.63, 3.8) is 0 Å². The third-order valence-electron chi connectivity index (χ3n) is 4.19. The monoisotopic (exact) mass is 382 g/mol. The molecule has 2 aromatic carbocycles. The number of sulfonamides is 1. The lowest BCUT2D eigenvalue weighted by Crippen LogP contribution is -2.35. The minimum absolute atomic E-state index is 0.0477. The Hall–Kier alpha value is -1.87. The van der Waals surface area contributed by atoms with E-state index < -0.39 is 26.6 Å². The number of halogens is 2. The highest BCUT2D eigenvalue weighted by Gasteiger charge is 2.23. The molecule has 0 bridgehead atoms. The van der Waals surface area contributed by atoms with Crippen molar-refractivity contribution in [2.45, 2.75) is 18.0 Å². The van der Waals surface area contributed by atoms with Crippen LogP contribution in [0.1, 0.15) is 11.1 Å². The van der Waals surface area contributed by atoms with Gasteiger partial charge in [-0.25, -0.2) is 21.9 Å². The molecule has 0 amide bonds. The normalized spacial score (nSPS) is 15.9. The molecular weight excluding hydrogens is 362 g/mol. The zero-order valence-electron chi connectivity index (χ0n) is 14.1. The molecule has 8 heteroatoms. The average Bonchev–Trinajstić information content (AvgIpc) is 2.62. The molecule has 0 atom stereocenters. The van der Waals surface area contributed by atoms with Crippen LogP contribution in [0.25, 0.3) is 0 Å². The number of benzene rings is 2. The Morgan fingerprint density at radius 1 is 0.962 bits per heavy atom. The van der Waals surface area contributed by atoms with Crippen molar-refractivity contribution in [1.29, 1.82) is 0 Å². The predicted molar refractivity (Wildman–Crippen MR) is 92.9 cm³/mol.